The second-order valence-corrected chi connectivity index (χ2v) is 11.4. The summed E-state index contributed by atoms with van der Waals surface area (Å²) in [6.07, 6.45) is 0.968. The molecule has 5 aromatic rings. The summed E-state index contributed by atoms with van der Waals surface area (Å²) in [5, 5.41) is 12.3. The Morgan fingerprint density at radius 2 is 1.33 bits per heavy atom. The third kappa shape index (κ3) is 7.19. The van der Waals surface area contributed by atoms with Crippen molar-refractivity contribution in [3.63, 3.8) is 0 Å². The summed E-state index contributed by atoms with van der Waals surface area (Å²) >= 11 is 0. The fourth-order valence-electron chi connectivity index (χ4n) is 5.79. The molecule has 0 saturated carbocycles. The molecule has 232 valence electrons. The van der Waals surface area contributed by atoms with E-state index < -0.39 is 11.6 Å². The van der Waals surface area contributed by atoms with Crippen molar-refractivity contribution in [3.8, 4) is 16.9 Å². The number of carbonyl (C=O) groups excluding carboxylic acids is 1. The van der Waals surface area contributed by atoms with Crippen LogP contribution in [0, 0.1) is 0 Å². The second kappa shape index (κ2) is 14.7. The Kier molecular flexibility index (Phi) is 9.86. The number of amides is 1. The fraction of sp³-hybridized carbons (Fsp3) is 0.200. The summed E-state index contributed by atoms with van der Waals surface area (Å²) in [7, 11) is 0. The van der Waals surface area contributed by atoms with Crippen molar-refractivity contribution < 1.29 is 19.4 Å². The number of ether oxygens (including phenoxy) is 2. The van der Waals surface area contributed by atoms with Gasteiger partial charge in [-0.3, -0.25) is 4.79 Å². The molecule has 5 aromatic carbocycles. The van der Waals surface area contributed by atoms with E-state index in [9.17, 15) is 4.79 Å². The molecule has 1 aliphatic rings. The number of nitrogens with zero attached hydrogens (tertiary/aromatic N) is 1. The van der Waals surface area contributed by atoms with Gasteiger partial charge in [-0.2, -0.15) is 0 Å². The molecule has 0 unspecified atom stereocenters. The van der Waals surface area contributed by atoms with Crippen LogP contribution in [0.15, 0.2) is 145 Å². The summed E-state index contributed by atoms with van der Waals surface area (Å²) < 4.78 is 12.4. The number of hydrogen-bond acceptors (Lipinski definition) is 5. The van der Waals surface area contributed by atoms with E-state index >= 15 is 0 Å². The highest BCUT2D eigenvalue weighted by Gasteiger charge is 2.53. The molecule has 0 bridgehead atoms. The van der Waals surface area contributed by atoms with Crippen molar-refractivity contribution in [1.29, 1.82) is 0 Å². The number of carbonyl (C=O) groups is 1. The van der Waals surface area contributed by atoms with Crippen LogP contribution < -0.4 is 10.1 Å². The van der Waals surface area contributed by atoms with Crippen LogP contribution in [-0.2, 0) is 22.4 Å². The normalized spacial score (nSPS) is 17.2. The van der Waals surface area contributed by atoms with Gasteiger partial charge >= 0.3 is 0 Å². The van der Waals surface area contributed by atoms with Gasteiger partial charge in [0.25, 0.3) is 5.91 Å². The highest BCUT2D eigenvalue weighted by Crippen LogP contribution is 2.43. The van der Waals surface area contributed by atoms with Crippen molar-refractivity contribution in [2.24, 2.45) is 4.99 Å². The molecule has 1 aliphatic heterocycles. The van der Waals surface area contributed by atoms with Crippen LogP contribution in [0.2, 0.25) is 0 Å². The Morgan fingerprint density at radius 3 is 1.98 bits per heavy atom. The molecule has 46 heavy (non-hydrogen) atoms. The number of nitrogens with one attached hydrogen (secondary N) is 1. The number of benzene rings is 5. The zero-order valence-electron chi connectivity index (χ0n) is 25.7. The van der Waals surface area contributed by atoms with E-state index in [1.54, 1.807) is 0 Å². The summed E-state index contributed by atoms with van der Waals surface area (Å²) in [5.74, 6) is 0.926. The molecular weight excluding hydrogens is 572 g/mol. The van der Waals surface area contributed by atoms with Gasteiger partial charge in [-0.25, -0.2) is 4.99 Å². The molecular formula is C40H38N2O4. The van der Waals surface area contributed by atoms with Gasteiger partial charge < -0.3 is 19.9 Å². The summed E-state index contributed by atoms with van der Waals surface area (Å²) in [6.45, 7) is 0.981. The molecule has 0 spiro atoms. The van der Waals surface area contributed by atoms with Crippen LogP contribution in [0.1, 0.15) is 34.8 Å². The fourth-order valence-corrected chi connectivity index (χ4v) is 5.79. The topological polar surface area (TPSA) is 80.2 Å². The molecule has 1 amide bonds. The van der Waals surface area contributed by atoms with Gasteiger partial charge in [0.1, 0.15) is 5.75 Å². The van der Waals surface area contributed by atoms with Crippen LogP contribution in [0.3, 0.4) is 0 Å². The van der Waals surface area contributed by atoms with Crippen LogP contribution in [0.5, 0.6) is 5.75 Å². The predicted octanol–water partition coefficient (Wildman–Crippen LogP) is 6.97. The Bertz CT molecular complexity index is 1720. The second-order valence-electron chi connectivity index (χ2n) is 11.4. The van der Waals surface area contributed by atoms with Crippen LogP contribution in [-0.4, -0.2) is 42.2 Å². The number of aliphatic hydroxyl groups excluding tert-OH is 1. The Hall–Kier alpha value is -5.20. The van der Waals surface area contributed by atoms with Gasteiger partial charge in [0.15, 0.2) is 11.6 Å². The Balaban J connectivity index is 1.36. The first kappa shape index (κ1) is 30.8. The zero-order chi connectivity index (χ0) is 31.6. The molecule has 6 rings (SSSR count). The molecule has 6 heteroatoms. The van der Waals surface area contributed by atoms with Gasteiger partial charge in [0.2, 0.25) is 5.90 Å². The van der Waals surface area contributed by atoms with E-state index in [4.69, 9.17) is 19.6 Å². The third-order valence-corrected chi connectivity index (χ3v) is 8.21. The number of hydrogen-bond donors (Lipinski definition) is 2. The molecule has 0 aromatic heterocycles. The maximum atomic E-state index is 14.5. The smallest absolute Gasteiger partial charge is 0.252 e. The molecule has 0 radical (unpaired) electrons. The summed E-state index contributed by atoms with van der Waals surface area (Å²) in [4.78, 5) is 19.6. The quantitative estimate of drug-likeness (QED) is 0.141. The van der Waals surface area contributed by atoms with Crippen LogP contribution >= 0.6 is 0 Å². The lowest BCUT2D eigenvalue weighted by molar-refractivity contribution is -0.128. The van der Waals surface area contributed by atoms with E-state index in [-0.39, 0.29) is 12.5 Å². The number of rotatable bonds is 13. The Morgan fingerprint density at radius 1 is 0.739 bits per heavy atom. The molecule has 2 N–H and O–H groups in total. The average molecular weight is 611 g/mol. The lowest BCUT2D eigenvalue weighted by atomic mass is 9.81. The molecule has 0 saturated heterocycles. The van der Waals surface area contributed by atoms with Gasteiger partial charge in [0, 0.05) is 31.6 Å². The molecule has 2 atom stereocenters. The minimum absolute atomic E-state index is 0.0767. The molecule has 0 aliphatic carbocycles. The minimum Gasteiger partial charge on any atom is -0.494 e. The number of aliphatic hydroxyl groups is 1. The van der Waals surface area contributed by atoms with Crippen molar-refractivity contribution in [2.75, 3.05) is 19.8 Å². The molecule has 0 fully saturated rings. The largest absolute Gasteiger partial charge is 0.494 e. The highest BCUT2D eigenvalue weighted by atomic mass is 16.5. The highest BCUT2D eigenvalue weighted by molar-refractivity contribution is 6.01. The van der Waals surface area contributed by atoms with Crippen molar-refractivity contribution in [3.05, 3.63) is 162 Å². The summed E-state index contributed by atoms with van der Waals surface area (Å²) in [5.41, 5.74) is 4.73. The SMILES string of the molecule is O=C(NCCc1ccccc1)[C@]1(Cc2ccccc2)N=C(c2ccc(OCCCO)cc2)O[C@@H]1c1ccc(-c2ccccc2)cc1. The van der Waals surface area contributed by atoms with Crippen LogP contribution in [0.25, 0.3) is 11.1 Å². The maximum absolute atomic E-state index is 14.5. The van der Waals surface area contributed by atoms with Crippen molar-refractivity contribution in [2.45, 2.75) is 30.9 Å². The van der Waals surface area contributed by atoms with E-state index in [2.05, 4.69) is 41.7 Å². The van der Waals surface area contributed by atoms with Gasteiger partial charge in [-0.15, -0.1) is 0 Å². The standard InChI is InChI=1S/C40H38N2O4/c43-27-10-28-45-36-23-21-35(22-24-36)38-42-40(29-31-13-6-2-7-14-31,39(44)41-26-25-30-11-4-1-5-12-30)37(46-38)34-19-17-33(18-20-34)32-15-8-3-9-16-32/h1-9,11-24,37,43H,10,25-29H2,(H,41,44)/t37-,40-/m1/s1. The van der Waals surface area contributed by atoms with Gasteiger partial charge in [-0.05, 0) is 58.5 Å². The summed E-state index contributed by atoms with van der Waals surface area (Å²) in [6, 6.07) is 46.1. The van der Waals surface area contributed by atoms with E-state index in [0.717, 1.165) is 33.4 Å². The minimum atomic E-state index is -1.25. The first-order valence-corrected chi connectivity index (χ1v) is 15.8. The zero-order valence-corrected chi connectivity index (χ0v) is 25.7. The predicted molar refractivity (Wildman–Crippen MR) is 182 cm³/mol. The lowest BCUT2D eigenvalue weighted by Gasteiger charge is -2.31. The molecule has 1 heterocycles. The van der Waals surface area contributed by atoms with E-state index in [0.29, 0.717) is 44.1 Å². The van der Waals surface area contributed by atoms with Crippen molar-refractivity contribution >= 4 is 11.8 Å². The van der Waals surface area contributed by atoms with Gasteiger partial charge in [0.05, 0.1) is 6.61 Å². The first-order chi connectivity index (χ1) is 22.6. The lowest BCUT2D eigenvalue weighted by Crippen LogP contribution is -2.50. The first-order valence-electron chi connectivity index (χ1n) is 15.8. The molecule has 6 nitrogen and oxygen atoms in total. The Labute approximate surface area is 270 Å². The van der Waals surface area contributed by atoms with E-state index in [1.807, 2.05) is 103 Å². The third-order valence-electron chi connectivity index (χ3n) is 8.21. The van der Waals surface area contributed by atoms with Crippen LogP contribution in [0.4, 0.5) is 0 Å². The van der Waals surface area contributed by atoms with Gasteiger partial charge in [-0.1, -0.05) is 115 Å². The van der Waals surface area contributed by atoms with E-state index in [1.165, 1.54) is 0 Å². The monoisotopic (exact) mass is 610 g/mol. The number of aliphatic imine (C=N–C) groups is 1. The maximum Gasteiger partial charge on any atom is 0.252 e. The average Bonchev–Trinajstić information content (AvgIpc) is 3.50. The van der Waals surface area contributed by atoms with Crippen molar-refractivity contribution in [1.82, 2.24) is 5.32 Å².